The second-order valence-electron chi connectivity index (χ2n) is 6.39. The van der Waals surface area contributed by atoms with Crippen molar-refractivity contribution in [3.63, 3.8) is 0 Å². The summed E-state index contributed by atoms with van der Waals surface area (Å²) in [4.78, 5) is 0. The Kier molecular flexibility index (Phi) is 12.2. The van der Waals surface area contributed by atoms with E-state index >= 15 is 0 Å². The molecular weight excluding hydrogens is 490 g/mol. The molecular formula is C22H28FN3RuS2+. The van der Waals surface area contributed by atoms with Gasteiger partial charge in [0.05, 0.1) is 0 Å². The number of para-hydroxylation sites is 1. The van der Waals surface area contributed by atoms with Crippen LogP contribution < -0.4 is 5.32 Å². The molecule has 0 amide bonds. The molecule has 29 heavy (non-hydrogen) atoms. The minimum absolute atomic E-state index is 0. The zero-order valence-electron chi connectivity index (χ0n) is 17.3. The van der Waals surface area contributed by atoms with E-state index in [1.807, 2.05) is 6.07 Å². The second-order valence-corrected chi connectivity index (χ2v) is 8.06. The summed E-state index contributed by atoms with van der Waals surface area (Å²) >= 11 is 3.55. The van der Waals surface area contributed by atoms with Crippen molar-refractivity contribution in [1.29, 1.82) is 0 Å². The summed E-state index contributed by atoms with van der Waals surface area (Å²) in [6.45, 7) is 14.7. The van der Waals surface area contributed by atoms with Gasteiger partial charge in [0.25, 0.3) is 0 Å². The minimum Gasteiger partial charge on any atom is -0.386 e. The summed E-state index contributed by atoms with van der Waals surface area (Å²) in [5.74, 6) is -0.271. The number of nitrogens with one attached hydrogen (secondary N) is 1. The third-order valence-corrected chi connectivity index (χ3v) is 5.98. The van der Waals surface area contributed by atoms with Crippen molar-refractivity contribution < 1.29 is 23.9 Å². The molecule has 3 rings (SSSR count). The van der Waals surface area contributed by atoms with Crippen molar-refractivity contribution in [3.05, 3.63) is 77.7 Å². The Labute approximate surface area is 196 Å². The van der Waals surface area contributed by atoms with Gasteiger partial charge in [-0.25, -0.2) is 10.5 Å². The minimum atomic E-state index is -0.271. The average molecular weight is 519 g/mol. The van der Waals surface area contributed by atoms with Crippen LogP contribution in [0, 0.1) is 32.9 Å². The van der Waals surface area contributed by atoms with Crippen molar-refractivity contribution in [3.8, 4) is 0 Å². The van der Waals surface area contributed by atoms with Gasteiger partial charge in [0.2, 0.25) is 0 Å². The first-order valence-corrected chi connectivity index (χ1v) is 11.4. The number of hydrogen-bond acceptors (Lipinski definition) is 5. The summed E-state index contributed by atoms with van der Waals surface area (Å²) in [5, 5.41) is 3.39. The van der Waals surface area contributed by atoms with E-state index in [0.29, 0.717) is 6.54 Å². The molecule has 0 unspecified atom stereocenters. The van der Waals surface area contributed by atoms with Gasteiger partial charge in [0.1, 0.15) is 5.82 Å². The predicted molar refractivity (Wildman–Crippen MR) is 123 cm³/mol. The third-order valence-electron chi connectivity index (χ3n) is 4.49. The molecule has 3 nitrogen and oxygen atoms in total. The van der Waals surface area contributed by atoms with Gasteiger partial charge in [-0.3, -0.25) is 6.58 Å². The molecule has 0 bridgehead atoms. The van der Waals surface area contributed by atoms with E-state index in [4.69, 9.17) is 6.58 Å². The van der Waals surface area contributed by atoms with Gasteiger partial charge in [-0.15, -0.1) is 35.5 Å². The van der Waals surface area contributed by atoms with Gasteiger partial charge < -0.3 is 13.9 Å². The molecule has 1 aliphatic rings. The molecule has 0 atom stereocenters. The number of aryl methyl sites for hydroxylation is 2. The molecule has 1 aliphatic heterocycles. The van der Waals surface area contributed by atoms with Crippen LogP contribution in [0.25, 0.3) is 6.08 Å². The Morgan fingerprint density at radius 2 is 1.69 bits per heavy atom. The molecule has 1 fully saturated rings. The van der Waals surface area contributed by atoms with Crippen molar-refractivity contribution in [2.24, 2.45) is 0 Å². The standard InChI is InChI=1S/C17H17FN.C5H11N2S2.Ru/c1-4-14-10-16(18)9-8-15(14)11-19-17-12(2)6-5-7-13(17)3;1-8-6-3-4-7(5-6)9-2;/h1,4-10,19H,11H2,2-3H3;5H,3-4H2,1-2H3;/q2*-1;+3. The zero-order valence-corrected chi connectivity index (χ0v) is 20.6. The molecule has 0 aliphatic carbocycles. The number of halogens is 1. The molecule has 157 valence electrons. The van der Waals surface area contributed by atoms with Gasteiger partial charge in [0.15, 0.2) is 0 Å². The normalized spacial score (nSPS) is 14.0. The summed E-state index contributed by atoms with van der Waals surface area (Å²) < 4.78 is 17.6. The van der Waals surface area contributed by atoms with E-state index < -0.39 is 0 Å². The Morgan fingerprint density at radius 3 is 2.17 bits per heavy atom. The fraction of sp³-hybridized carbons (Fsp3) is 0.318. The van der Waals surface area contributed by atoms with Gasteiger partial charge >= 0.3 is 19.5 Å². The Morgan fingerprint density at radius 1 is 1.10 bits per heavy atom. The summed E-state index contributed by atoms with van der Waals surface area (Å²) in [5.41, 5.74) is 5.21. The fourth-order valence-corrected chi connectivity index (χ4v) is 3.90. The van der Waals surface area contributed by atoms with Crippen molar-refractivity contribution in [1.82, 2.24) is 8.61 Å². The molecule has 2 aromatic carbocycles. The number of benzene rings is 2. The molecule has 0 spiro atoms. The molecule has 1 N–H and O–H groups in total. The third kappa shape index (κ3) is 8.07. The topological polar surface area (TPSA) is 18.5 Å². The van der Waals surface area contributed by atoms with Gasteiger partial charge in [-0.1, -0.05) is 24.3 Å². The van der Waals surface area contributed by atoms with E-state index in [2.05, 4.69) is 59.1 Å². The van der Waals surface area contributed by atoms with Crippen LogP contribution in [-0.4, -0.2) is 34.2 Å². The quantitative estimate of drug-likeness (QED) is 0.296. The molecule has 2 aromatic rings. The fourth-order valence-electron chi connectivity index (χ4n) is 2.89. The van der Waals surface area contributed by atoms with Crippen molar-refractivity contribution in [2.45, 2.75) is 20.4 Å². The van der Waals surface area contributed by atoms with Gasteiger partial charge in [-0.2, -0.15) is 12.2 Å². The molecule has 1 heterocycles. The predicted octanol–water partition coefficient (Wildman–Crippen LogP) is 5.78. The molecule has 7 heteroatoms. The average Bonchev–Trinajstić information content (AvgIpc) is 3.17. The van der Waals surface area contributed by atoms with Crippen LogP contribution in [0.2, 0.25) is 0 Å². The van der Waals surface area contributed by atoms with E-state index in [-0.39, 0.29) is 25.3 Å². The number of hydrogen-bond donors (Lipinski definition) is 1. The Balaban J connectivity index is 0.000000355. The first-order valence-electron chi connectivity index (χ1n) is 9.08. The maximum atomic E-state index is 13.1. The van der Waals surface area contributed by atoms with Crippen molar-refractivity contribution in [2.75, 3.05) is 30.9 Å². The van der Waals surface area contributed by atoms with Crippen LogP contribution >= 0.6 is 23.9 Å². The zero-order chi connectivity index (χ0) is 20.5. The molecule has 0 aromatic heterocycles. The van der Waals surface area contributed by atoms with Crippen LogP contribution in [0.5, 0.6) is 0 Å². The van der Waals surface area contributed by atoms with E-state index in [1.165, 1.54) is 29.3 Å². The number of nitrogens with zero attached hydrogens (tertiary/aromatic N) is 2. The SMILES string of the molecule is CSN1[CH-]N(SC)CC1.[CH-]=Cc1cc(F)ccc1CNc1c(C)cccc1C.[Ru+3]. The Bertz CT molecular complexity index is 758. The molecule has 0 saturated carbocycles. The second kappa shape index (κ2) is 13.5. The first kappa shape index (κ1) is 26.2. The number of rotatable bonds is 6. The monoisotopic (exact) mass is 519 g/mol. The van der Waals surface area contributed by atoms with Gasteiger partial charge in [0, 0.05) is 12.2 Å². The molecule has 1 saturated heterocycles. The van der Waals surface area contributed by atoms with Crippen molar-refractivity contribution >= 4 is 35.7 Å². The largest absolute Gasteiger partial charge is 3.00 e. The van der Waals surface area contributed by atoms with Gasteiger partial charge in [-0.05, 0) is 56.6 Å². The molecule has 1 radical (unpaired) electrons. The van der Waals surface area contributed by atoms with Crippen LogP contribution in [0.15, 0.2) is 36.4 Å². The first-order chi connectivity index (χ1) is 13.5. The summed E-state index contributed by atoms with van der Waals surface area (Å²) in [7, 11) is 0. The Hall–Kier alpha value is -0.847. The summed E-state index contributed by atoms with van der Waals surface area (Å²) in [6, 6.07) is 10.8. The van der Waals surface area contributed by atoms with E-state index in [9.17, 15) is 4.39 Å². The maximum absolute atomic E-state index is 13.1. The van der Waals surface area contributed by atoms with Crippen LogP contribution in [0.1, 0.15) is 22.3 Å². The van der Waals surface area contributed by atoms with Crippen LogP contribution in [-0.2, 0) is 26.0 Å². The van der Waals surface area contributed by atoms with Crippen LogP contribution in [0.3, 0.4) is 0 Å². The number of anilines is 1. The smallest absolute Gasteiger partial charge is 0.386 e. The van der Waals surface area contributed by atoms with E-state index in [1.54, 1.807) is 30.0 Å². The van der Waals surface area contributed by atoms with Crippen LogP contribution in [0.4, 0.5) is 10.1 Å². The van der Waals surface area contributed by atoms with E-state index in [0.717, 1.165) is 29.9 Å². The maximum Gasteiger partial charge on any atom is 3.00 e. The summed E-state index contributed by atoms with van der Waals surface area (Å²) in [6.07, 6.45) is 5.63.